The zero-order valence-electron chi connectivity index (χ0n) is 26.0. The largest absolute Gasteiger partial charge is 1.00 e. The zero-order chi connectivity index (χ0) is 25.7. The summed E-state index contributed by atoms with van der Waals surface area (Å²) in [4.78, 5) is 0. The van der Waals surface area contributed by atoms with Gasteiger partial charge in [0.2, 0.25) is 0 Å². The van der Waals surface area contributed by atoms with Gasteiger partial charge in [0.05, 0.1) is 26.2 Å². The van der Waals surface area contributed by atoms with Gasteiger partial charge in [-0.15, -0.1) is 0 Å². The third-order valence-electron chi connectivity index (χ3n) is 8.44. The fourth-order valence-corrected chi connectivity index (χ4v) is 5.93. The Kier molecular flexibility index (Phi) is 34.4. The summed E-state index contributed by atoms with van der Waals surface area (Å²) in [6, 6.07) is 0. The van der Waals surface area contributed by atoms with E-state index < -0.39 is 0 Å². The zero-order valence-corrected chi connectivity index (χ0v) is 28.2. The van der Waals surface area contributed by atoms with Crippen LogP contribution in [0, 0.1) is 0 Å². The minimum atomic E-state index is 0. The van der Waals surface area contributed by atoms with E-state index >= 15 is 0 Å². The topological polar surface area (TPSA) is 0 Å². The molecule has 0 aliphatic carbocycles. The summed E-state index contributed by atoms with van der Waals surface area (Å²) in [7, 11) is 0. The molecular formula is C34H72IN. The van der Waals surface area contributed by atoms with E-state index in [-0.39, 0.29) is 24.0 Å². The average molecular weight is 622 g/mol. The Hall–Kier alpha value is 0.690. The van der Waals surface area contributed by atoms with E-state index in [9.17, 15) is 0 Å². The van der Waals surface area contributed by atoms with Gasteiger partial charge in [-0.3, -0.25) is 0 Å². The van der Waals surface area contributed by atoms with Crippen LogP contribution in [0.15, 0.2) is 0 Å². The predicted molar refractivity (Wildman–Crippen MR) is 162 cm³/mol. The highest BCUT2D eigenvalue weighted by Gasteiger charge is 2.25. The number of halogens is 1. The second-order valence-electron chi connectivity index (χ2n) is 12.0. The van der Waals surface area contributed by atoms with Gasteiger partial charge in [-0.2, -0.15) is 0 Å². The van der Waals surface area contributed by atoms with Gasteiger partial charge in [0.15, 0.2) is 0 Å². The van der Waals surface area contributed by atoms with E-state index in [0.717, 1.165) is 0 Å². The van der Waals surface area contributed by atoms with Crippen molar-refractivity contribution < 1.29 is 28.5 Å². The second kappa shape index (κ2) is 31.9. The van der Waals surface area contributed by atoms with Crippen LogP contribution in [-0.4, -0.2) is 30.7 Å². The molecule has 0 fully saturated rings. The predicted octanol–water partition coefficient (Wildman–Crippen LogP) is 9.03. The SMILES string of the molecule is CCCCCCCCCC[N+](CCCCCCC)(CCCCCCC)CCCCCCCCCC.[I-]. The fraction of sp³-hybridized carbons (Fsp3) is 1.00. The molecule has 1 nitrogen and oxygen atoms in total. The van der Waals surface area contributed by atoms with Crippen LogP contribution in [0.1, 0.15) is 195 Å². The van der Waals surface area contributed by atoms with E-state index in [0.29, 0.717) is 0 Å². The van der Waals surface area contributed by atoms with Crippen molar-refractivity contribution in [3.63, 3.8) is 0 Å². The second-order valence-corrected chi connectivity index (χ2v) is 12.0. The summed E-state index contributed by atoms with van der Waals surface area (Å²) in [6.07, 6.45) is 37.8. The molecule has 0 radical (unpaired) electrons. The van der Waals surface area contributed by atoms with Crippen LogP contribution in [0.25, 0.3) is 0 Å². The van der Waals surface area contributed by atoms with Crippen LogP contribution in [0.2, 0.25) is 0 Å². The standard InChI is InChI=1S/C34H72N.HI/c1-5-9-13-17-19-21-25-29-33-35(31-27-23-15-11-7-3,32-28-24-16-12-8-4)34-30-26-22-20-18-14-10-6-2;/h5-34H2,1-4H3;1H/q+1;/p-1. The summed E-state index contributed by atoms with van der Waals surface area (Å²) >= 11 is 0. The van der Waals surface area contributed by atoms with Crippen molar-refractivity contribution in [1.29, 1.82) is 0 Å². The van der Waals surface area contributed by atoms with Crippen molar-refractivity contribution in [2.45, 2.75) is 195 Å². The van der Waals surface area contributed by atoms with Crippen molar-refractivity contribution in [1.82, 2.24) is 0 Å². The number of nitrogens with zero attached hydrogens (tertiary/aromatic N) is 1. The van der Waals surface area contributed by atoms with Gasteiger partial charge in [0, 0.05) is 0 Å². The van der Waals surface area contributed by atoms with Crippen LogP contribution in [0.4, 0.5) is 0 Å². The molecule has 0 saturated heterocycles. The molecule has 0 spiro atoms. The van der Waals surface area contributed by atoms with Crippen LogP contribution < -0.4 is 24.0 Å². The third-order valence-corrected chi connectivity index (χ3v) is 8.44. The minimum Gasteiger partial charge on any atom is -1.00 e. The maximum absolute atomic E-state index is 2.35. The number of hydrogen-bond donors (Lipinski definition) is 0. The van der Waals surface area contributed by atoms with Crippen LogP contribution in [-0.2, 0) is 0 Å². The normalized spacial score (nSPS) is 11.7. The van der Waals surface area contributed by atoms with Gasteiger partial charge < -0.3 is 28.5 Å². The van der Waals surface area contributed by atoms with Crippen LogP contribution >= 0.6 is 0 Å². The Bertz CT molecular complexity index is 347. The molecule has 0 saturated carbocycles. The molecule has 0 heterocycles. The highest BCUT2D eigenvalue weighted by Crippen LogP contribution is 2.21. The number of quaternary nitrogens is 1. The summed E-state index contributed by atoms with van der Waals surface area (Å²) in [6.45, 7) is 15.3. The first kappa shape index (κ1) is 38.8. The first-order valence-electron chi connectivity index (χ1n) is 17.1. The number of hydrogen-bond acceptors (Lipinski definition) is 0. The summed E-state index contributed by atoms with van der Waals surface area (Å²) in [5, 5.41) is 0. The van der Waals surface area contributed by atoms with E-state index in [2.05, 4.69) is 27.7 Å². The molecule has 2 heteroatoms. The molecule has 0 rings (SSSR count). The molecule has 0 aliphatic rings. The van der Waals surface area contributed by atoms with Crippen LogP contribution in [0.3, 0.4) is 0 Å². The first-order chi connectivity index (χ1) is 17.2. The average Bonchev–Trinajstić information content (AvgIpc) is 2.87. The lowest BCUT2D eigenvalue weighted by molar-refractivity contribution is -0.929. The molecule has 0 unspecified atom stereocenters. The summed E-state index contributed by atoms with van der Waals surface area (Å²) in [5.74, 6) is 0. The summed E-state index contributed by atoms with van der Waals surface area (Å²) in [5.41, 5.74) is 0. The fourth-order valence-electron chi connectivity index (χ4n) is 5.93. The Morgan fingerprint density at radius 3 is 0.611 bits per heavy atom. The maximum Gasteiger partial charge on any atom is 0.0786 e. The van der Waals surface area contributed by atoms with E-state index in [1.807, 2.05) is 0 Å². The molecule has 0 aliphatic heterocycles. The molecule has 0 amide bonds. The molecule has 220 valence electrons. The summed E-state index contributed by atoms with van der Waals surface area (Å²) < 4.78 is 1.48. The molecule has 36 heavy (non-hydrogen) atoms. The van der Waals surface area contributed by atoms with Crippen LogP contribution in [0.5, 0.6) is 0 Å². The first-order valence-corrected chi connectivity index (χ1v) is 17.1. The van der Waals surface area contributed by atoms with E-state index in [4.69, 9.17) is 0 Å². The lowest BCUT2D eigenvalue weighted by atomic mass is 10.0. The molecule has 0 N–H and O–H groups in total. The lowest BCUT2D eigenvalue weighted by Crippen LogP contribution is -3.00. The van der Waals surface area contributed by atoms with Gasteiger partial charge in [-0.25, -0.2) is 0 Å². The third kappa shape index (κ3) is 26.3. The Balaban J connectivity index is 0. The molecular weight excluding hydrogens is 549 g/mol. The Morgan fingerprint density at radius 1 is 0.250 bits per heavy atom. The molecule has 0 aromatic rings. The Morgan fingerprint density at radius 2 is 0.417 bits per heavy atom. The van der Waals surface area contributed by atoms with Crippen molar-refractivity contribution in [3.05, 3.63) is 0 Å². The maximum atomic E-state index is 2.35. The monoisotopic (exact) mass is 621 g/mol. The van der Waals surface area contributed by atoms with Crippen molar-refractivity contribution >= 4 is 0 Å². The lowest BCUT2D eigenvalue weighted by Gasteiger charge is -2.40. The number of unbranched alkanes of at least 4 members (excludes halogenated alkanes) is 22. The minimum absolute atomic E-state index is 0. The van der Waals surface area contributed by atoms with Gasteiger partial charge in [-0.1, -0.05) is 143 Å². The van der Waals surface area contributed by atoms with E-state index in [1.165, 1.54) is 198 Å². The highest BCUT2D eigenvalue weighted by molar-refractivity contribution is 4.55. The molecule has 0 bridgehead atoms. The van der Waals surface area contributed by atoms with Gasteiger partial charge in [-0.05, 0) is 51.4 Å². The van der Waals surface area contributed by atoms with Crippen molar-refractivity contribution in [2.24, 2.45) is 0 Å². The van der Waals surface area contributed by atoms with Gasteiger partial charge in [0.1, 0.15) is 0 Å². The Labute approximate surface area is 248 Å². The van der Waals surface area contributed by atoms with Gasteiger partial charge >= 0.3 is 0 Å². The van der Waals surface area contributed by atoms with Crippen molar-refractivity contribution in [3.8, 4) is 0 Å². The van der Waals surface area contributed by atoms with Gasteiger partial charge in [0.25, 0.3) is 0 Å². The molecule has 0 atom stereocenters. The van der Waals surface area contributed by atoms with Crippen molar-refractivity contribution in [2.75, 3.05) is 26.2 Å². The molecule has 0 aromatic heterocycles. The van der Waals surface area contributed by atoms with E-state index in [1.54, 1.807) is 0 Å². The highest BCUT2D eigenvalue weighted by atomic mass is 127. The quantitative estimate of drug-likeness (QED) is 0.0427. The number of rotatable bonds is 30. The molecule has 0 aromatic carbocycles. The smallest absolute Gasteiger partial charge is 0.0786 e.